The van der Waals surface area contributed by atoms with Crippen molar-refractivity contribution in [2.45, 2.75) is 13.0 Å². The minimum atomic E-state index is -0.365. The van der Waals surface area contributed by atoms with Gasteiger partial charge in [0.25, 0.3) is 5.91 Å². The molecule has 1 N–H and O–H groups in total. The van der Waals surface area contributed by atoms with Crippen LogP contribution in [0.25, 0.3) is 0 Å². The fourth-order valence-corrected chi connectivity index (χ4v) is 1.85. The fourth-order valence-electron chi connectivity index (χ4n) is 1.31. The third-order valence-corrected chi connectivity index (χ3v) is 2.59. The molecule has 0 aliphatic carbocycles. The summed E-state index contributed by atoms with van der Waals surface area (Å²) >= 11 is 1.20. The highest BCUT2D eigenvalue weighted by Crippen LogP contribution is 2.20. The first-order valence-corrected chi connectivity index (χ1v) is 4.90. The summed E-state index contributed by atoms with van der Waals surface area (Å²) in [5.74, 6) is -0.226. The predicted molar refractivity (Wildman–Crippen MR) is 48.6 cm³/mol. The maximum Gasteiger partial charge on any atom is 0.325 e. The van der Waals surface area contributed by atoms with Gasteiger partial charge in [-0.3, -0.25) is 9.69 Å². The Morgan fingerprint density at radius 2 is 2.43 bits per heavy atom. The molecule has 0 bridgehead atoms. The lowest BCUT2D eigenvalue weighted by Gasteiger charge is -2.18. The molecule has 1 aromatic heterocycles. The average Bonchev–Trinajstić information content (AvgIpc) is 2.75. The molecule has 0 saturated carbocycles. The van der Waals surface area contributed by atoms with Gasteiger partial charge in [-0.15, -0.1) is 5.10 Å². The molecule has 1 unspecified atom stereocenters. The quantitative estimate of drug-likeness (QED) is 0.708. The van der Waals surface area contributed by atoms with Crippen LogP contribution >= 0.6 is 11.5 Å². The van der Waals surface area contributed by atoms with E-state index in [9.17, 15) is 9.59 Å². The molecule has 2 heterocycles. The van der Waals surface area contributed by atoms with Gasteiger partial charge in [0.05, 0.1) is 18.3 Å². The summed E-state index contributed by atoms with van der Waals surface area (Å²) in [7, 11) is 0. The standard InChI is InChI=1S/C7H8N4O2S/c1-4(5-3-14-10-9-5)11-6(12)2-8-7(11)13/h3-4H,2H2,1H3,(H,8,13). The number of urea groups is 1. The van der Waals surface area contributed by atoms with Crippen molar-refractivity contribution in [3.05, 3.63) is 11.1 Å². The molecule has 2 rings (SSSR count). The van der Waals surface area contributed by atoms with Gasteiger partial charge in [0.2, 0.25) is 0 Å². The summed E-state index contributed by atoms with van der Waals surface area (Å²) in [5.41, 5.74) is 0.639. The van der Waals surface area contributed by atoms with Gasteiger partial charge >= 0.3 is 6.03 Å². The van der Waals surface area contributed by atoms with Gasteiger partial charge in [0, 0.05) is 5.38 Å². The zero-order chi connectivity index (χ0) is 10.1. The van der Waals surface area contributed by atoms with Crippen LogP contribution in [0.1, 0.15) is 18.7 Å². The molecule has 0 radical (unpaired) electrons. The van der Waals surface area contributed by atoms with Crippen molar-refractivity contribution in [2.24, 2.45) is 0 Å². The van der Waals surface area contributed by atoms with E-state index >= 15 is 0 Å². The van der Waals surface area contributed by atoms with Gasteiger partial charge in [-0.05, 0) is 18.5 Å². The van der Waals surface area contributed by atoms with Crippen LogP contribution < -0.4 is 5.32 Å². The van der Waals surface area contributed by atoms with Crippen molar-refractivity contribution >= 4 is 23.5 Å². The van der Waals surface area contributed by atoms with Gasteiger partial charge < -0.3 is 5.32 Å². The Bertz CT molecular complexity index is 348. The minimum Gasteiger partial charge on any atom is -0.329 e. The number of nitrogens with zero attached hydrogens (tertiary/aromatic N) is 3. The van der Waals surface area contributed by atoms with Gasteiger partial charge in [0.15, 0.2) is 0 Å². The Morgan fingerprint density at radius 3 is 2.93 bits per heavy atom. The van der Waals surface area contributed by atoms with Gasteiger partial charge in [-0.1, -0.05) is 4.49 Å². The molecule has 1 aromatic rings. The van der Waals surface area contributed by atoms with Crippen molar-refractivity contribution in [3.8, 4) is 0 Å². The maximum atomic E-state index is 11.3. The molecular formula is C7H8N4O2S. The molecule has 6 nitrogen and oxygen atoms in total. The number of imide groups is 1. The Morgan fingerprint density at radius 1 is 1.64 bits per heavy atom. The fraction of sp³-hybridized carbons (Fsp3) is 0.429. The van der Waals surface area contributed by atoms with Crippen LogP contribution in [0, 0.1) is 0 Å². The zero-order valence-corrected chi connectivity index (χ0v) is 8.24. The zero-order valence-electron chi connectivity index (χ0n) is 7.43. The van der Waals surface area contributed by atoms with Crippen LogP contribution in [0.5, 0.6) is 0 Å². The molecule has 3 amide bonds. The monoisotopic (exact) mass is 212 g/mol. The first-order chi connectivity index (χ1) is 6.70. The number of hydrogen-bond acceptors (Lipinski definition) is 5. The number of aromatic nitrogens is 2. The molecule has 1 atom stereocenters. The van der Waals surface area contributed by atoms with E-state index < -0.39 is 0 Å². The largest absolute Gasteiger partial charge is 0.329 e. The Hall–Kier alpha value is -1.50. The third-order valence-electron chi connectivity index (χ3n) is 2.07. The number of hydrogen-bond donors (Lipinski definition) is 1. The molecule has 14 heavy (non-hydrogen) atoms. The first kappa shape index (κ1) is 9.07. The van der Waals surface area contributed by atoms with E-state index in [1.807, 2.05) is 0 Å². The van der Waals surface area contributed by atoms with Crippen LogP contribution in [0.2, 0.25) is 0 Å². The highest BCUT2D eigenvalue weighted by molar-refractivity contribution is 7.03. The number of carbonyl (C=O) groups is 2. The summed E-state index contributed by atoms with van der Waals surface area (Å²) < 4.78 is 3.69. The van der Waals surface area contributed by atoms with E-state index in [0.717, 1.165) is 4.90 Å². The first-order valence-electron chi connectivity index (χ1n) is 4.07. The highest BCUT2D eigenvalue weighted by Gasteiger charge is 2.34. The topological polar surface area (TPSA) is 75.2 Å². The maximum absolute atomic E-state index is 11.3. The summed E-state index contributed by atoms with van der Waals surface area (Å²) in [5, 5.41) is 8.00. The van der Waals surface area contributed by atoms with E-state index in [-0.39, 0.29) is 24.5 Å². The van der Waals surface area contributed by atoms with E-state index in [4.69, 9.17) is 0 Å². The summed E-state index contributed by atoms with van der Waals surface area (Å²) in [6, 6.07) is -0.709. The van der Waals surface area contributed by atoms with Crippen molar-refractivity contribution in [3.63, 3.8) is 0 Å². The van der Waals surface area contributed by atoms with Crippen LogP contribution in [0.15, 0.2) is 5.38 Å². The van der Waals surface area contributed by atoms with Crippen molar-refractivity contribution in [1.29, 1.82) is 0 Å². The normalized spacial score (nSPS) is 18.5. The number of carbonyl (C=O) groups excluding carboxylic acids is 2. The molecule has 1 saturated heterocycles. The van der Waals surface area contributed by atoms with Gasteiger partial charge in [0.1, 0.15) is 0 Å². The van der Waals surface area contributed by atoms with Crippen LogP contribution in [-0.4, -0.2) is 33.0 Å². The SMILES string of the molecule is CC(c1csnn1)N1C(=O)CNC1=O. The molecular weight excluding hydrogens is 204 g/mol. The highest BCUT2D eigenvalue weighted by atomic mass is 32.1. The van der Waals surface area contributed by atoms with Gasteiger partial charge in [-0.25, -0.2) is 4.79 Å². The Balaban J connectivity index is 2.22. The lowest BCUT2D eigenvalue weighted by atomic mass is 10.2. The molecule has 0 aromatic carbocycles. The lowest BCUT2D eigenvalue weighted by molar-refractivity contribution is -0.126. The molecule has 7 heteroatoms. The smallest absolute Gasteiger partial charge is 0.325 e. The Labute approximate surface area is 84.1 Å². The van der Waals surface area contributed by atoms with Gasteiger partial charge in [-0.2, -0.15) is 0 Å². The van der Waals surface area contributed by atoms with Crippen LogP contribution in [-0.2, 0) is 4.79 Å². The van der Waals surface area contributed by atoms with E-state index in [1.165, 1.54) is 11.5 Å². The third kappa shape index (κ3) is 1.35. The van der Waals surface area contributed by atoms with Crippen molar-refractivity contribution in [1.82, 2.24) is 19.8 Å². The molecule has 1 aliphatic heterocycles. The summed E-state index contributed by atoms with van der Waals surface area (Å²) in [6.45, 7) is 1.82. The van der Waals surface area contributed by atoms with E-state index in [0.29, 0.717) is 5.69 Å². The number of amides is 3. The van der Waals surface area contributed by atoms with Crippen LogP contribution in [0.3, 0.4) is 0 Å². The lowest BCUT2D eigenvalue weighted by Crippen LogP contribution is -2.33. The number of nitrogens with one attached hydrogen (secondary N) is 1. The molecule has 1 aliphatic rings. The Kier molecular flexibility index (Phi) is 2.16. The average molecular weight is 212 g/mol. The minimum absolute atomic E-state index is 0.0702. The van der Waals surface area contributed by atoms with Crippen molar-refractivity contribution < 1.29 is 9.59 Å². The van der Waals surface area contributed by atoms with Crippen LogP contribution in [0.4, 0.5) is 4.79 Å². The second kappa shape index (κ2) is 3.33. The molecule has 74 valence electrons. The van der Waals surface area contributed by atoms with Crippen molar-refractivity contribution in [2.75, 3.05) is 6.54 Å². The van der Waals surface area contributed by atoms with E-state index in [2.05, 4.69) is 14.9 Å². The molecule has 1 fully saturated rings. The second-order valence-electron chi connectivity index (χ2n) is 2.93. The molecule has 0 spiro atoms. The second-order valence-corrected chi connectivity index (χ2v) is 3.54. The van der Waals surface area contributed by atoms with E-state index in [1.54, 1.807) is 12.3 Å². The number of rotatable bonds is 2. The summed E-state index contributed by atoms with van der Waals surface area (Å²) in [4.78, 5) is 23.8. The predicted octanol–water partition coefficient (Wildman–Crippen LogP) is 0.151. The summed E-state index contributed by atoms with van der Waals surface area (Å²) in [6.07, 6.45) is 0.